The average molecular weight is 241 g/mol. The van der Waals surface area contributed by atoms with Crippen molar-refractivity contribution in [2.45, 2.75) is 81.8 Å². The van der Waals surface area contributed by atoms with Crippen LogP contribution >= 0.6 is 11.8 Å². The minimum atomic E-state index is 0.458. The molecule has 0 aromatic heterocycles. The van der Waals surface area contributed by atoms with E-state index >= 15 is 0 Å². The maximum absolute atomic E-state index is 6.30. The van der Waals surface area contributed by atoms with E-state index < -0.39 is 0 Å². The zero-order chi connectivity index (χ0) is 11.6. The molecule has 0 heterocycles. The van der Waals surface area contributed by atoms with Crippen LogP contribution in [0, 0.1) is 5.41 Å². The highest BCUT2D eigenvalue weighted by Gasteiger charge is 2.34. The molecule has 0 aliphatic heterocycles. The van der Waals surface area contributed by atoms with Gasteiger partial charge in [0, 0.05) is 16.5 Å². The van der Waals surface area contributed by atoms with Gasteiger partial charge in [0.15, 0.2) is 0 Å². The number of hydrogen-bond donors (Lipinski definition) is 1. The highest BCUT2D eigenvalue weighted by atomic mass is 32.2. The van der Waals surface area contributed by atoms with E-state index in [2.05, 4.69) is 25.6 Å². The van der Waals surface area contributed by atoms with Crippen molar-refractivity contribution in [3.63, 3.8) is 0 Å². The van der Waals surface area contributed by atoms with Crippen LogP contribution in [0.25, 0.3) is 0 Å². The van der Waals surface area contributed by atoms with Crippen molar-refractivity contribution in [3.8, 4) is 0 Å². The Morgan fingerprint density at radius 3 is 2.44 bits per heavy atom. The molecule has 2 N–H and O–H groups in total. The molecule has 2 fully saturated rings. The Morgan fingerprint density at radius 2 is 1.75 bits per heavy atom. The zero-order valence-corrected chi connectivity index (χ0v) is 11.7. The molecular weight excluding hydrogens is 214 g/mol. The molecule has 0 aromatic carbocycles. The van der Waals surface area contributed by atoms with Gasteiger partial charge in [-0.25, -0.2) is 0 Å². The first-order chi connectivity index (χ1) is 7.57. The fraction of sp³-hybridized carbons (Fsp3) is 1.00. The van der Waals surface area contributed by atoms with E-state index in [0.717, 1.165) is 10.5 Å². The number of thioether (sulfide) groups is 1. The molecule has 2 atom stereocenters. The van der Waals surface area contributed by atoms with Gasteiger partial charge in [-0.2, -0.15) is 11.8 Å². The average Bonchev–Trinajstić information content (AvgIpc) is 2.25. The summed E-state index contributed by atoms with van der Waals surface area (Å²) in [4.78, 5) is 0. The fourth-order valence-corrected chi connectivity index (χ4v) is 5.12. The summed E-state index contributed by atoms with van der Waals surface area (Å²) in [5, 5.41) is 1.64. The summed E-state index contributed by atoms with van der Waals surface area (Å²) in [7, 11) is 0. The summed E-state index contributed by atoms with van der Waals surface area (Å²) in [6.45, 7) is 4.82. The smallest absolute Gasteiger partial charge is 0.0206 e. The Balaban J connectivity index is 1.86. The van der Waals surface area contributed by atoms with Gasteiger partial charge in [0.2, 0.25) is 0 Å². The SMILES string of the molecule is CC1(C)CCC(N)C(SC2CCCCC2)C1. The third-order valence-corrected chi connectivity index (χ3v) is 6.03. The summed E-state index contributed by atoms with van der Waals surface area (Å²) in [5.74, 6) is 0. The van der Waals surface area contributed by atoms with E-state index in [1.807, 2.05) is 0 Å². The predicted octanol–water partition coefficient (Wildman–Crippen LogP) is 3.96. The molecule has 2 heteroatoms. The van der Waals surface area contributed by atoms with Crippen molar-refractivity contribution in [2.75, 3.05) is 0 Å². The Labute approximate surface area is 105 Å². The van der Waals surface area contributed by atoms with Crippen molar-refractivity contribution in [2.24, 2.45) is 11.1 Å². The van der Waals surface area contributed by atoms with E-state index in [0.29, 0.717) is 11.5 Å². The van der Waals surface area contributed by atoms with Gasteiger partial charge in [-0.1, -0.05) is 33.1 Å². The molecule has 2 rings (SSSR count). The summed E-state index contributed by atoms with van der Waals surface area (Å²) in [6.07, 6.45) is 11.1. The van der Waals surface area contributed by atoms with Gasteiger partial charge in [-0.3, -0.25) is 0 Å². The van der Waals surface area contributed by atoms with Crippen molar-refractivity contribution in [1.82, 2.24) is 0 Å². The molecule has 2 unspecified atom stereocenters. The molecule has 16 heavy (non-hydrogen) atoms. The maximum atomic E-state index is 6.30. The van der Waals surface area contributed by atoms with Crippen molar-refractivity contribution in [3.05, 3.63) is 0 Å². The summed E-state index contributed by atoms with van der Waals surface area (Å²) < 4.78 is 0. The molecule has 1 nitrogen and oxygen atoms in total. The number of hydrogen-bond acceptors (Lipinski definition) is 2. The predicted molar refractivity (Wildman–Crippen MR) is 73.9 cm³/mol. The van der Waals surface area contributed by atoms with Crippen LogP contribution in [0.2, 0.25) is 0 Å². The molecule has 0 saturated heterocycles. The largest absolute Gasteiger partial charge is 0.327 e. The first-order valence-corrected chi connectivity index (χ1v) is 7.92. The molecule has 94 valence electrons. The topological polar surface area (TPSA) is 26.0 Å². The molecule has 0 amide bonds. The normalized spacial score (nSPS) is 36.2. The van der Waals surface area contributed by atoms with Crippen LogP contribution < -0.4 is 5.73 Å². The summed E-state index contributed by atoms with van der Waals surface area (Å²) in [6, 6.07) is 0.458. The quantitative estimate of drug-likeness (QED) is 0.792. The first-order valence-electron chi connectivity index (χ1n) is 6.98. The van der Waals surface area contributed by atoms with Crippen LogP contribution in [0.1, 0.15) is 65.2 Å². The van der Waals surface area contributed by atoms with Crippen molar-refractivity contribution >= 4 is 11.8 Å². The van der Waals surface area contributed by atoms with Gasteiger partial charge in [0.1, 0.15) is 0 Å². The number of nitrogens with two attached hydrogens (primary N) is 1. The minimum absolute atomic E-state index is 0.458. The van der Waals surface area contributed by atoms with Gasteiger partial charge in [-0.05, 0) is 37.5 Å². The third-order valence-electron chi connectivity index (χ3n) is 4.31. The molecule has 2 aliphatic rings. The molecule has 2 saturated carbocycles. The van der Waals surface area contributed by atoms with E-state index in [9.17, 15) is 0 Å². The lowest BCUT2D eigenvalue weighted by molar-refractivity contribution is 0.232. The highest BCUT2D eigenvalue weighted by molar-refractivity contribution is 8.00. The maximum Gasteiger partial charge on any atom is 0.0206 e. The van der Waals surface area contributed by atoms with Gasteiger partial charge in [-0.15, -0.1) is 0 Å². The summed E-state index contributed by atoms with van der Waals surface area (Å²) in [5.41, 5.74) is 6.83. The molecule has 0 spiro atoms. The van der Waals surface area contributed by atoms with Gasteiger partial charge in [0.05, 0.1) is 0 Å². The van der Waals surface area contributed by atoms with E-state index in [1.165, 1.54) is 51.4 Å². The molecule has 0 aromatic rings. The lowest BCUT2D eigenvalue weighted by Gasteiger charge is -2.40. The Hall–Kier alpha value is 0.310. The Kier molecular flexibility index (Phi) is 4.23. The first kappa shape index (κ1) is 12.8. The Morgan fingerprint density at radius 1 is 1.06 bits per heavy atom. The van der Waals surface area contributed by atoms with Crippen molar-refractivity contribution in [1.29, 1.82) is 0 Å². The van der Waals surface area contributed by atoms with Crippen LogP contribution in [0.3, 0.4) is 0 Å². The highest BCUT2D eigenvalue weighted by Crippen LogP contribution is 2.43. The molecule has 0 bridgehead atoms. The van der Waals surface area contributed by atoms with Crippen LogP contribution in [0.4, 0.5) is 0 Å². The minimum Gasteiger partial charge on any atom is -0.327 e. The zero-order valence-electron chi connectivity index (χ0n) is 10.9. The van der Waals surface area contributed by atoms with Gasteiger partial charge in [0.25, 0.3) is 0 Å². The lowest BCUT2D eigenvalue weighted by atomic mass is 9.75. The van der Waals surface area contributed by atoms with Gasteiger partial charge >= 0.3 is 0 Å². The third kappa shape index (κ3) is 3.40. The Bertz CT molecular complexity index is 221. The lowest BCUT2D eigenvalue weighted by Crippen LogP contribution is -2.42. The standard InChI is InChI=1S/C14H27NS/c1-14(2)9-8-12(15)13(10-14)16-11-6-4-3-5-7-11/h11-13H,3-10,15H2,1-2H3. The molecule has 0 radical (unpaired) electrons. The van der Waals surface area contributed by atoms with E-state index in [4.69, 9.17) is 5.73 Å². The number of rotatable bonds is 2. The molecular formula is C14H27NS. The van der Waals surface area contributed by atoms with Crippen LogP contribution in [-0.4, -0.2) is 16.5 Å². The van der Waals surface area contributed by atoms with E-state index in [-0.39, 0.29) is 0 Å². The van der Waals surface area contributed by atoms with Crippen LogP contribution in [-0.2, 0) is 0 Å². The summed E-state index contributed by atoms with van der Waals surface area (Å²) >= 11 is 2.23. The second-order valence-corrected chi connectivity index (χ2v) is 8.05. The molecule has 2 aliphatic carbocycles. The monoisotopic (exact) mass is 241 g/mol. The van der Waals surface area contributed by atoms with Crippen LogP contribution in [0.15, 0.2) is 0 Å². The van der Waals surface area contributed by atoms with Gasteiger partial charge < -0.3 is 5.73 Å². The second kappa shape index (κ2) is 5.30. The second-order valence-electron chi connectivity index (χ2n) is 6.51. The van der Waals surface area contributed by atoms with Crippen molar-refractivity contribution < 1.29 is 0 Å². The fourth-order valence-electron chi connectivity index (χ4n) is 3.14. The van der Waals surface area contributed by atoms with E-state index in [1.54, 1.807) is 0 Å². The van der Waals surface area contributed by atoms with Crippen LogP contribution in [0.5, 0.6) is 0 Å².